The van der Waals surface area contributed by atoms with Gasteiger partial charge in [-0.2, -0.15) is 0 Å². The van der Waals surface area contributed by atoms with Crippen molar-refractivity contribution in [3.05, 3.63) is 30.6 Å². The van der Waals surface area contributed by atoms with Crippen LogP contribution in [0.1, 0.15) is 19.2 Å². The SMILES string of the molecule is Cc1nccn1-c1cncc(NCCC2(C)OCCO2)n1. The van der Waals surface area contributed by atoms with Gasteiger partial charge < -0.3 is 14.8 Å². The van der Waals surface area contributed by atoms with Crippen molar-refractivity contribution in [2.45, 2.75) is 26.1 Å². The van der Waals surface area contributed by atoms with Crippen LogP contribution >= 0.6 is 0 Å². The number of hydrogen-bond acceptors (Lipinski definition) is 6. The van der Waals surface area contributed by atoms with E-state index in [2.05, 4.69) is 20.3 Å². The molecule has 1 aliphatic rings. The molecule has 112 valence electrons. The van der Waals surface area contributed by atoms with Gasteiger partial charge in [-0.3, -0.25) is 9.55 Å². The second-order valence-electron chi connectivity index (χ2n) is 5.11. The highest BCUT2D eigenvalue weighted by molar-refractivity contribution is 5.36. The molecular weight excluding hydrogens is 270 g/mol. The number of aryl methyl sites for hydroxylation is 1. The van der Waals surface area contributed by atoms with Gasteiger partial charge in [0.05, 0.1) is 25.6 Å². The summed E-state index contributed by atoms with van der Waals surface area (Å²) in [6.45, 7) is 5.91. The Kier molecular flexibility index (Phi) is 3.85. The molecule has 1 aliphatic heterocycles. The van der Waals surface area contributed by atoms with E-state index in [4.69, 9.17) is 9.47 Å². The largest absolute Gasteiger partial charge is 0.369 e. The number of ether oxygens (including phenoxy) is 2. The van der Waals surface area contributed by atoms with Crippen LogP contribution in [0.3, 0.4) is 0 Å². The van der Waals surface area contributed by atoms with Gasteiger partial charge in [0.15, 0.2) is 11.6 Å². The van der Waals surface area contributed by atoms with Gasteiger partial charge in [-0.25, -0.2) is 9.97 Å². The predicted octanol–water partition coefficient (Wildman–Crippen LogP) is 1.54. The Hall–Kier alpha value is -1.99. The summed E-state index contributed by atoms with van der Waals surface area (Å²) in [4.78, 5) is 12.9. The van der Waals surface area contributed by atoms with Crippen LogP contribution in [-0.4, -0.2) is 45.1 Å². The molecule has 2 aromatic heterocycles. The number of nitrogens with zero attached hydrogens (tertiary/aromatic N) is 4. The summed E-state index contributed by atoms with van der Waals surface area (Å²) in [5.74, 6) is 1.86. The summed E-state index contributed by atoms with van der Waals surface area (Å²) in [6, 6.07) is 0. The lowest BCUT2D eigenvalue weighted by Crippen LogP contribution is -2.28. The third-order valence-corrected chi connectivity index (χ3v) is 3.48. The molecule has 0 unspecified atom stereocenters. The fourth-order valence-corrected chi connectivity index (χ4v) is 2.30. The molecule has 0 saturated carbocycles. The molecule has 7 nitrogen and oxygen atoms in total. The number of hydrogen-bond donors (Lipinski definition) is 1. The molecule has 2 aromatic rings. The first-order valence-corrected chi connectivity index (χ1v) is 7.00. The minimum atomic E-state index is -0.487. The number of anilines is 1. The van der Waals surface area contributed by atoms with Crippen LogP contribution in [0, 0.1) is 6.92 Å². The minimum absolute atomic E-state index is 0.487. The van der Waals surface area contributed by atoms with Gasteiger partial charge in [-0.1, -0.05) is 0 Å². The van der Waals surface area contributed by atoms with Crippen molar-refractivity contribution in [2.24, 2.45) is 0 Å². The van der Waals surface area contributed by atoms with Crippen LogP contribution in [0.15, 0.2) is 24.8 Å². The maximum Gasteiger partial charge on any atom is 0.167 e. The maximum atomic E-state index is 5.57. The molecule has 3 rings (SSSR count). The Balaban J connectivity index is 1.63. The molecule has 1 saturated heterocycles. The quantitative estimate of drug-likeness (QED) is 0.900. The van der Waals surface area contributed by atoms with E-state index >= 15 is 0 Å². The van der Waals surface area contributed by atoms with Crippen LogP contribution in [-0.2, 0) is 9.47 Å². The van der Waals surface area contributed by atoms with Crippen LogP contribution in [0.5, 0.6) is 0 Å². The summed E-state index contributed by atoms with van der Waals surface area (Å²) in [5.41, 5.74) is 0. The van der Waals surface area contributed by atoms with E-state index in [1.807, 2.05) is 24.6 Å². The topological polar surface area (TPSA) is 74.1 Å². The third kappa shape index (κ3) is 3.20. The molecule has 0 aromatic carbocycles. The maximum absolute atomic E-state index is 5.57. The summed E-state index contributed by atoms with van der Waals surface area (Å²) in [6.07, 6.45) is 7.78. The lowest BCUT2D eigenvalue weighted by atomic mass is 10.2. The van der Waals surface area contributed by atoms with Crippen LogP contribution < -0.4 is 5.32 Å². The molecule has 0 amide bonds. The van der Waals surface area contributed by atoms with E-state index < -0.39 is 5.79 Å². The lowest BCUT2D eigenvalue weighted by Gasteiger charge is -2.22. The van der Waals surface area contributed by atoms with Gasteiger partial charge in [-0.05, 0) is 13.8 Å². The average Bonchev–Trinajstić information content (AvgIpc) is 3.08. The van der Waals surface area contributed by atoms with E-state index in [9.17, 15) is 0 Å². The highest BCUT2D eigenvalue weighted by Crippen LogP contribution is 2.22. The molecule has 0 atom stereocenters. The van der Waals surface area contributed by atoms with Crippen molar-refractivity contribution in [2.75, 3.05) is 25.1 Å². The Morgan fingerprint density at radius 1 is 1.33 bits per heavy atom. The van der Waals surface area contributed by atoms with Gasteiger partial charge in [0, 0.05) is 25.4 Å². The van der Waals surface area contributed by atoms with Gasteiger partial charge in [0.25, 0.3) is 0 Å². The molecule has 1 N–H and O–H groups in total. The monoisotopic (exact) mass is 289 g/mol. The van der Waals surface area contributed by atoms with Gasteiger partial charge >= 0.3 is 0 Å². The number of imidazole rings is 1. The van der Waals surface area contributed by atoms with Crippen LogP contribution in [0.25, 0.3) is 5.82 Å². The first-order valence-electron chi connectivity index (χ1n) is 7.00. The van der Waals surface area contributed by atoms with Crippen molar-refractivity contribution >= 4 is 5.82 Å². The zero-order chi connectivity index (χ0) is 14.7. The average molecular weight is 289 g/mol. The number of aromatic nitrogens is 4. The third-order valence-electron chi connectivity index (χ3n) is 3.48. The van der Waals surface area contributed by atoms with Gasteiger partial charge in [0.1, 0.15) is 11.6 Å². The zero-order valence-corrected chi connectivity index (χ0v) is 12.2. The Bertz CT molecular complexity index is 607. The molecule has 21 heavy (non-hydrogen) atoms. The second kappa shape index (κ2) is 5.79. The normalized spacial score (nSPS) is 17.0. The van der Waals surface area contributed by atoms with Crippen molar-refractivity contribution in [1.29, 1.82) is 0 Å². The molecule has 0 bridgehead atoms. The lowest BCUT2D eigenvalue weighted by molar-refractivity contribution is -0.144. The predicted molar refractivity (Wildman–Crippen MR) is 77.3 cm³/mol. The van der Waals surface area contributed by atoms with Crippen molar-refractivity contribution in [3.8, 4) is 5.82 Å². The Morgan fingerprint density at radius 2 is 2.14 bits per heavy atom. The van der Waals surface area contributed by atoms with Crippen LogP contribution in [0.2, 0.25) is 0 Å². The van der Waals surface area contributed by atoms with Crippen molar-refractivity contribution in [3.63, 3.8) is 0 Å². The fourth-order valence-electron chi connectivity index (χ4n) is 2.30. The van der Waals surface area contributed by atoms with Crippen molar-refractivity contribution in [1.82, 2.24) is 19.5 Å². The molecule has 1 fully saturated rings. The van der Waals surface area contributed by atoms with E-state index in [-0.39, 0.29) is 0 Å². The molecule has 0 spiro atoms. The summed E-state index contributed by atoms with van der Waals surface area (Å²) >= 11 is 0. The molecular formula is C14H19N5O2. The highest BCUT2D eigenvalue weighted by Gasteiger charge is 2.30. The number of nitrogens with one attached hydrogen (secondary N) is 1. The minimum Gasteiger partial charge on any atom is -0.369 e. The van der Waals surface area contributed by atoms with Crippen molar-refractivity contribution < 1.29 is 9.47 Å². The molecule has 0 radical (unpaired) electrons. The van der Waals surface area contributed by atoms with E-state index in [0.717, 1.165) is 23.9 Å². The van der Waals surface area contributed by atoms with E-state index in [1.165, 1.54) is 0 Å². The summed E-state index contributed by atoms with van der Waals surface area (Å²) < 4.78 is 13.0. The van der Waals surface area contributed by atoms with E-state index in [1.54, 1.807) is 18.6 Å². The molecule has 7 heteroatoms. The zero-order valence-electron chi connectivity index (χ0n) is 12.2. The standard InChI is InChI=1S/C14H19N5O2/c1-11-16-5-6-19(11)13-10-15-9-12(18-13)17-4-3-14(2)20-7-8-21-14/h5-6,9-10H,3-4,7-8H2,1-2H3,(H,17,18). The fraction of sp³-hybridized carbons (Fsp3) is 0.500. The number of rotatable bonds is 5. The smallest absolute Gasteiger partial charge is 0.167 e. The first-order chi connectivity index (χ1) is 10.2. The van der Waals surface area contributed by atoms with Crippen LogP contribution in [0.4, 0.5) is 5.82 Å². The summed E-state index contributed by atoms with van der Waals surface area (Å²) in [5, 5.41) is 3.25. The highest BCUT2D eigenvalue weighted by atomic mass is 16.7. The van der Waals surface area contributed by atoms with Gasteiger partial charge in [0.2, 0.25) is 0 Å². The first kappa shape index (κ1) is 14.0. The van der Waals surface area contributed by atoms with Gasteiger partial charge in [-0.15, -0.1) is 0 Å². The van der Waals surface area contributed by atoms with E-state index in [0.29, 0.717) is 19.8 Å². The molecule has 0 aliphatic carbocycles. The summed E-state index contributed by atoms with van der Waals surface area (Å²) in [7, 11) is 0. The molecule has 3 heterocycles. The Morgan fingerprint density at radius 3 is 2.86 bits per heavy atom. The second-order valence-corrected chi connectivity index (χ2v) is 5.11. The Labute approximate surface area is 123 Å².